The van der Waals surface area contributed by atoms with Crippen LogP contribution in [0.4, 0.5) is 0 Å². The van der Waals surface area contributed by atoms with Crippen LogP contribution in [-0.4, -0.2) is 20.4 Å². The highest BCUT2D eigenvalue weighted by molar-refractivity contribution is 7.98. The van der Waals surface area contributed by atoms with Crippen molar-refractivity contribution in [2.75, 3.05) is 0 Å². The maximum atomic E-state index is 5.83. The molecule has 0 amide bonds. The van der Waals surface area contributed by atoms with Gasteiger partial charge in [0, 0.05) is 5.02 Å². The fraction of sp³-hybridized carbons (Fsp3) is 0.125. The molecule has 3 aromatic heterocycles. The Morgan fingerprint density at radius 2 is 1.81 bits per heavy atom. The van der Waals surface area contributed by atoms with E-state index in [0.717, 1.165) is 0 Å². The van der Waals surface area contributed by atoms with Gasteiger partial charge in [0.2, 0.25) is 5.89 Å². The van der Waals surface area contributed by atoms with Gasteiger partial charge in [-0.1, -0.05) is 23.4 Å². The van der Waals surface area contributed by atoms with Gasteiger partial charge in [-0.05, 0) is 36.4 Å². The van der Waals surface area contributed by atoms with E-state index < -0.39 is 0 Å². The van der Waals surface area contributed by atoms with Crippen LogP contribution in [0.1, 0.15) is 11.8 Å². The highest BCUT2D eigenvalue weighted by Gasteiger charge is 2.13. The number of hydrogen-bond donors (Lipinski definition) is 0. The van der Waals surface area contributed by atoms with E-state index in [2.05, 4.69) is 20.4 Å². The third-order valence-electron chi connectivity index (χ3n) is 3.14. The number of benzene rings is 1. The first-order valence-corrected chi connectivity index (χ1v) is 8.82. The smallest absolute Gasteiger partial charge is 0.283 e. The van der Waals surface area contributed by atoms with E-state index in [0.29, 0.717) is 45.2 Å². The standard InChI is InChI=1S/C16H11ClN4O4S/c17-10-3-5-11(6-4-10)23-8-13-18-21-16(25-13)26-9-14-19-20-15(24-14)12-2-1-7-22-12/h1-7H,8-9H2. The predicted molar refractivity (Wildman–Crippen MR) is 91.6 cm³/mol. The second-order valence-corrected chi connectivity index (χ2v) is 6.33. The number of aromatic nitrogens is 4. The molecule has 0 aliphatic rings. The van der Waals surface area contributed by atoms with E-state index in [4.69, 9.17) is 29.6 Å². The highest BCUT2D eigenvalue weighted by atomic mass is 35.5. The molecule has 0 spiro atoms. The lowest BCUT2D eigenvalue weighted by molar-refractivity contribution is 0.252. The number of hydrogen-bond acceptors (Lipinski definition) is 9. The van der Waals surface area contributed by atoms with E-state index in [1.165, 1.54) is 11.8 Å². The van der Waals surface area contributed by atoms with Gasteiger partial charge in [0.15, 0.2) is 12.4 Å². The van der Waals surface area contributed by atoms with Gasteiger partial charge in [0.1, 0.15) is 5.75 Å². The molecule has 0 aliphatic heterocycles. The quantitative estimate of drug-likeness (QED) is 0.429. The highest BCUT2D eigenvalue weighted by Crippen LogP contribution is 2.24. The fourth-order valence-electron chi connectivity index (χ4n) is 1.97. The Hall–Kier alpha value is -2.78. The number of rotatable bonds is 7. The van der Waals surface area contributed by atoms with Gasteiger partial charge < -0.3 is 18.0 Å². The van der Waals surface area contributed by atoms with Crippen molar-refractivity contribution in [2.45, 2.75) is 17.6 Å². The van der Waals surface area contributed by atoms with Gasteiger partial charge in [-0.15, -0.1) is 20.4 Å². The van der Waals surface area contributed by atoms with Gasteiger partial charge in [-0.3, -0.25) is 0 Å². The van der Waals surface area contributed by atoms with Crippen molar-refractivity contribution in [1.82, 2.24) is 20.4 Å². The lowest BCUT2D eigenvalue weighted by Gasteiger charge is -2.02. The van der Waals surface area contributed by atoms with Gasteiger partial charge >= 0.3 is 0 Å². The summed E-state index contributed by atoms with van der Waals surface area (Å²) in [5.74, 6) is 2.70. The molecule has 132 valence electrons. The Bertz CT molecular complexity index is 968. The summed E-state index contributed by atoms with van der Waals surface area (Å²) in [5, 5.41) is 16.8. The zero-order valence-corrected chi connectivity index (χ0v) is 14.7. The van der Waals surface area contributed by atoms with Crippen molar-refractivity contribution in [3.8, 4) is 17.4 Å². The molecule has 4 rings (SSSR count). The Balaban J connectivity index is 1.30. The zero-order valence-electron chi connectivity index (χ0n) is 13.2. The molecule has 8 nitrogen and oxygen atoms in total. The van der Waals surface area contributed by atoms with Crippen molar-refractivity contribution in [2.24, 2.45) is 0 Å². The van der Waals surface area contributed by atoms with Crippen molar-refractivity contribution in [3.63, 3.8) is 0 Å². The summed E-state index contributed by atoms with van der Waals surface area (Å²) in [4.78, 5) is 0. The van der Waals surface area contributed by atoms with Gasteiger partial charge in [-0.2, -0.15) is 0 Å². The van der Waals surface area contributed by atoms with Crippen LogP contribution < -0.4 is 4.74 Å². The molecule has 0 N–H and O–H groups in total. The normalized spacial score (nSPS) is 11.0. The maximum absolute atomic E-state index is 5.83. The molecule has 26 heavy (non-hydrogen) atoms. The monoisotopic (exact) mass is 390 g/mol. The first kappa shape index (κ1) is 16.7. The Labute approximate surface area is 156 Å². The van der Waals surface area contributed by atoms with Crippen LogP contribution in [0, 0.1) is 0 Å². The minimum Gasteiger partial charge on any atom is -0.484 e. The third-order valence-corrected chi connectivity index (χ3v) is 4.20. The average Bonchev–Trinajstić information content (AvgIpc) is 3.40. The van der Waals surface area contributed by atoms with Crippen molar-refractivity contribution in [3.05, 3.63) is 59.5 Å². The average molecular weight is 391 g/mol. The molecule has 0 atom stereocenters. The number of halogens is 1. The van der Waals surface area contributed by atoms with Crippen LogP contribution in [0.3, 0.4) is 0 Å². The molecule has 4 aromatic rings. The molecule has 0 saturated carbocycles. The van der Waals surface area contributed by atoms with Gasteiger partial charge in [0.05, 0.1) is 12.0 Å². The van der Waals surface area contributed by atoms with Crippen LogP contribution >= 0.6 is 23.4 Å². The second kappa shape index (κ2) is 7.63. The van der Waals surface area contributed by atoms with E-state index in [-0.39, 0.29) is 6.61 Å². The molecular formula is C16H11ClN4O4S. The number of nitrogens with zero attached hydrogens (tertiary/aromatic N) is 4. The number of furan rings is 1. The summed E-state index contributed by atoms with van der Waals surface area (Å²) in [6.45, 7) is 0.165. The summed E-state index contributed by atoms with van der Waals surface area (Å²) in [6, 6.07) is 10.5. The van der Waals surface area contributed by atoms with Crippen LogP contribution in [0.5, 0.6) is 5.75 Å². The molecule has 10 heteroatoms. The number of ether oxygens (including phenoxy) is 1. The lowest BCUT2D eigenvalue weighted by atomic mass is 10.3. The maximum Gasteiger partial charge on any atom is 0.283 e. The molecule has 0 bridgehead atoms. The van der Waals surface area contributed by atoms with E-state index >= 15 is 0 Å². The SMILES string of the molecule is Clc1ccc(OCc2nnc(SCc3nnc(-c4ccco4)o3)o2)cc1. The Morgan fingerprint density at radius 3 is 2.62 bits per heavy atom. The Morgan fingerprint density at radius 1 is 0.962 bits per heavy atom. The molecule has 0 saturated heterocycles. The van der Waals surface area contributed by atoms with Crippen LogP contribution in [0.15, 0.2) is 61.1 Å². The second-order valence-electron chi connectivity index (χ2n) is 4.97. The summed E-state index contributed by atoms with van der Waals surface area (Å²) in [7, 11) is 0. The number of thioether (sulfide) groups is 1. The summed E-state index contributed by atoms with van der Waals surface area (Å²) < 4.78 is 21.8. The minimum absolute atomic E-state index is 0.165. The van der Waals surface area contributed by atoms with Crippen molar-refractivity contribution < 1.29 is 18.0 Å². The summed E-state index contributed by atoms with van der Waals surface area (Å²) in [5.41, 5.74) is 0. The lowest BCUT2D eigenvalue weighted by Crippen LogP contribution is -1.95. The predicted octanol–water partition coefficient (Wildman–Crippen LogP) is 4.24. The first-order valence-electron chi connectivity index (χ1n) is 7.46. The molecule has 0 aliphatic carbocycles. The van der Waals surface area contributed by atoms with Crippen molar-refractivity contribution in [1.29, 1.82) is 0 Å². The van der Waals surface area contributed by atoms with E-state index in [9.17, 15) is 0 Å². The summed E-state index contributed by atoms with van der Waals surface area (Å²) in [6.07, 6.45) is 1.54. The molecule has 1 aromatic carbocycles. The molecule has 0 fully saturated rings. The van der Waals surface area contributed by atoms with E-state index in [1.807, 2.05) is 0 Å². The Kier molecular flexibility index (Phi) is 4.89. The summed E-state index contributed by atoms with van der Waals surface area (Å²) >= 11 is 7.11. The zero-order chi connectivity index (χ0) is 17.8. The van der Waals surface area contributed by atoms with Crippen LogP contribution in [-0.2, 0) is 12.4 Å². The van der Waals surface area contributed by atoms with E-state index in [1.54, 1.807) is 42.7 Å². The van der Waals surface area contributed by atoms with Gasteiger partial charge in [-0.25, -0.2) is 0 Å². The largest absolute Gasteiger partial charge is 0.484 e. The fourth-order valence-corrected chi connectivity index (χ4v) is 2.71. The molecular weight excluding hydrogens is 380 g/mol. The van der Waals surface area contributed by atoms with Crippen LogP contribution in [0.2, 0.25) is 5.02 Å². The van der Waals surface area contributed by atoms with Gasteiger partial charge in [0.25, 0.3) is 17.0 Å². The first-order chi connectivity index (χ1) is 12.8. The third kappa shape index (κ3) is 4.06. The molecule has 3 heterocycles. The minimum atomic E-state index is 0.165. The van der Waals surface area contributed by atoms with Crippen molar-refractivity contribution >= 4 is 23.4 Å². The molecule has 0 radical (unpaired) electrons. The molecule has 0 unspecified atom stereocenters. The van der Waals surface area contributed by atoms with Crippen LogP contribution in [0.25, 0.3) is 11.7 Å². The topological polar surface area (TPSA) is 100 Å².